The van der Waals surface area contributed by atoms with Gasteiger partial charge in [-0.05, 0) is 67.6 Å². The number of esters is 3. The monoisotopic (exact) mass is 1390 g/mol. The number of urea groups is 1. The number of amides is 3. The number of phenolic OH excluding ortho intramolecular Hbond substituents is 1. The Balaban J connectivity index is 0.977. The third-order valence-corrected chi connectivity index (χ3v) is 22.4. The Morgan fingerprint density at radius 2 is 1.18 bits per heavy atom. The minimum atomic E-state index is -0.791. The average molecular weight is 1390 g/mol. The van der Waals surface area contributed by atoms with Gasteiger partial charge in [0.25, 0.3) is 0 Å². The van der Waals surface area contributed by atoms with E-state index in [1.807, 2.05) is 11.8 Å². The summed E-state index contributed by atoms with van der Waals surface area (Å²) in [6.07, 6.45) is 43.2. The topological polar surface area (TPSA) is 218 Å². The first-order chi connectivity index (χ1) is 47.0. The third-order valence-electron chi connectivity index (χ3n) is 18.4. The summed E-state index contributed by atoms with van der Waals surface area (Å²) in [5.74, 6) is -0.154. The predicted molar refractivity (Wildman–Crippen MR) is 395 cm³/mol. The van der Waals surface area contributed by atoms with Crippen molar-refractivity contribution in [3.8, 4) is 28.2 Å². The highest BCUT2D eigenvalue weighted by atomic mass is 33.1. The molecular weight excluding hydrogens is 1270 g/mol. The molecule has 0 spiro atoms. The van der Waals surface area contributed by atoms with Crippen molar-refractivity contribution in [1.29, 1.82) is 0 Å². The smallest absolute Gasteiger partial charge is 0.338 e. The molecule has 0 saturated carbocycles. The van der Waals surface area contributed by atoms with Crippen LogP contribution in [0.15, 0.2) is 63.8 Å². The maximum absolute atomic E-state index is 13.6. The number of thioether (sulfide) groups is 1. The second-order valence-corrected chi connectivity index (χ2v) is 30.3. The Morgan fingerprint density at radius 1 is 0.604 bits per heavy atom. The fourth-order valence-electron chi connectivity index (χ4n) is 12.8. The average Bonchev–Trinajstić information content (AvgIpc) is 0.980. The predicted octanol–water partition coefficient (Wildman–Crippen LogP) is 19.3. The number of carbonyl (C=O) groups is 5. The van der Waals surface area contributed by atoms with Crippen LogP contribution in [-0.4, -0.2) is 115 Å². The molecule has 19 heteroatoms. The molecule has 2 aromatic carbocycles. The normalized spacial score (nSPS) is 15.7. The second kappa shape index (κ2) is 48.7. The Morgan fingerprint density at radius 3 is 1.78 bits per heavy atom. The van der Waals surface area contributed by atoms with Gasteiger partial charge in [0.2, 0.25) is 5.91 Å². The number of hydrogen-bond acceptors (Lipinski definition) is 16. The largest absolute Gasteiger partial charge is 0.508 e. The summed E-state index contributed by atoms with van der Waals surface area (Å²) >= 11 is 1.84. The number of anilines is 1. The molecule has 96 heavy (non-hydrogen) atoms. The van der Waals surface area contributed by atoms with E-state index >= 15 is 0 Å². The van der Waals surface area contributed by atoms with Crippen LogP contribution in [0.5, 0.6) is 5.75 Å². The van der Waals surface area contributed by atoms with Gasteiger partial charge < -0.3 is 49.2 Å². The number of aromatic hydroxyl groups is 1. The van der Waals surface area contributed by atoms with Crippen LogP contribution in [0.4, 0.5) is 10.5 Å². The van der Waals surface area contributed by atoms with Crippen molar-refractivity contribution < 1.29 is 57.2 Å². The standard InChI is InChI=1S/C77H117N3O13S3/c1-4-6-8-10-12-14-16-18-20-22-24-26-28-30-32-36-48-89-53-61(90-49-37-33-31-29-27-25-23-21-19-17-15-13-11-9-7-5-2)55-95-96-56-62(54-91-72(84)39-35-34-38-70-75-67(57-94-70)79-77(87)80-75)92-73(85)47-46-71(83)78-58-40-43-63(66(50-58)76(86)88-3)74-64-44-41-59(81)51-68(64)93-69-52-60(82)42-45-65(69)74/h40-45,50-52,61-62,67,70,75,81H,4-39,46-49,53-57H2,1-3H3,(H,78,83)(H2,79,80,87)/t61?,62?,67-,70-,75-/m0/s1. The zero-order valence-corrected chi connectivity index (χ0v) is 60.9. The van der Waals surface area contributed by atoms with Gasteiger partial charge in [-0.1, -0.05) is 241 Å². The van der Waals surface area contributed by atoms with Crippen LogP contribution < -0.4 is 21.4 Å². The Hall–Kier alpha value is -4.95. The maximum Gasteiger partial charge on any atom is 0.338 e. The minimum absolute atomic E-state index is 0.0473. The van der Waals surface area contributed by atoms with E-state index in [0.29, 0.717) is 59.8 Å². The van der Waals surface area contributed by atoms with E-state index in [-0.39, 0.29) is 95.1 Å². The van der Waals surface area contributed by atoms with Gasteiger partial charge in [0.05, 0.1) is 43.9 Å². The number of phenols is 1. The van der Waals surface area contributed by atoms with Gasteiger partial charge in [0.1, 0.15) is 29.8 Å². The van der Waals surface area contributed by atoms with E-state index in [2.05, 4.69) is 29.8 Å². The van der Waals surface area contributed by atoms with Gasteiger partial charge >= 0.3 is 23.9 Å². The van der Waals surface area contributed by atoms with Crippen LogP contribution in [-0.2, 0) is 38.1 Å². The molecule has 2 aromatic rings. The third kappa shape index (κ3) is 31.5. The van der Waals surface area contributed by atoms with E-state index in [1.54, 1.807) is 35.1 Å². The summed E-state index contributed by atoms with van der Waals surface area (Å²) in [4.78, 5) is 78.1. The SMILES string of the molecule is CCCCCCCCCCCCCCCCCCOCC(CSSCC(COC(=O)CCCC[C@@H]1SC[C@@H]2NC(=O)N[C@@H]21)OC(=O)CCC(=O)Nc1ccc(-c2c3ccc(=O)cc-3oc3cc(O)ccc23)c(C(=O)OC)c1)OCCCCCCCCCCCCCCCCCC. The van der Waals surface area contributed by atoms with Gasteiger partial charge in [-0.25, -0.2) is 9.59 Å². The van der Waals surface area contributed by atoms with Crippen LogP contribution in [0.2, 0.25) is 0 Å². The lowest BCUT2D eigenvalue weighted by Gasteiger charge is -2.20. The zero-order chi connectivity index (χ0) is 68.2. The molecule has 3 heterocycles. The molecule has 2 unspecified atom stereocenters. The number of benzene rings is 3. The number of carbonyl (C=O) groups excluding carboxylic acids is 5. The van der Waals surface area contributed by atoms with Crippen molar-refractivity contribution in [3.05, 3.63) is 70.4 Å². The minimum Gasteiger partial charge on any atom is -0.508 e. The number of unbranched alkanes of at least 4 members (excludes halogenated alkanes) is 31. The molecule has 16 nitrogen and oxygen atoms in total. The molecule has 6 rings (SSSR count). The summed E-state index contributed by atoms with van der Waals surface area (Å²) in [5, 5.41) is 20.0. The van der Waals surface area contributed by atoms with Crippen LogP contribution >= 0.6 is 33.3 Å². The number of hydrogen-bond donors (Lipinski definition) is 4. The Bertz CT molecular complexity index is 2890. The second-order valence-electron chi connectivity index (χ2n) is 26.5. The summed E-state index contributed by atoms with van der Waals surface area (Å²) < 4.78 is 35.8. The highest BCUT2D eigenvalue weighted by Gasteiger charge is 2.42. The molecular formula is C77H117N3O13S3. The molecule has 1 aliphatic carbocycles. The van der Waals surface area contributed by atoms with Crippen molar-refractivity contribution in [2.75, 3.05) is 56.1 Å². The van der Waals surface area contributed by atoms with Crippen molar-refractivity contribution in [2.24, 2.45) is 0 Å². The first-order valence-corrected chi connectivity index (χ1v) is 40.7. The van der Waals surface area contributed by atoms with Crippen molar-refractivity contribution >= 4 is 79.9 Å². The van der Waals surface area contributed by atoms with Gasteiger partial charge in [-0.15, -0.1) is 0 Å². The van der Waals surface area contributed by atoms with Crippen LogP contribution in [0.1, 0.15) is 268 Å². The molecule has 4 N–H and O–H groups in total. The number of nitrogens with one attached hydrogen (secondary N) is 3. The van der Waals surface area contributed by atoms with Gasteiger partial charge in [0.15, 0.2) is 5.43 Å². The molecule has 3 aliphatic heterocycles. The summed E-state index contributed by atoms with van der Waals surface area (Å²) in [6.45, 7) is 6.28. The number of ether oxygens (including phenoxy) is 5. The molecule has 3 amide bonds. The van der Waals surface area contributed by atoms with Crippen LogP contribution in [0.25, 0.3) is 33.4 Å². The molecule has 2 fully saturated rings. The zero-order valence-electron chi connectivity index (χ0n) is 58.5. The highest BCUT2D eigenvalue weighted by molar-refractivity contribution is 8.76. The Labute approximate surface area is 586 Å². The fourth-order valence-corrected chi connectivity index (χ4v) is 16.7. The van der Waals surface area contributed by atoms with E-state index in [4.69, 9.17) is 28.1 Å². The molecule has 4 aliphatic rings. The first-order valence-electron chi connectivity index (χ1n) is 37.2. The van der Waals surface area contributed by atoms with E-state index in [0.717, 1.165) is 44.3 Å². The molecule has 2 saturated heterocycles. The summed E-state index contributed by atoms with van der Waals surface area (Å²) in [5.41, 5.74) is 1.92. The maximum atomic E-state index is 13.6. The summed E-state index contributed by atoms with van der Waals surface area (Å²) in [6, 6.07) is 13.8. The molecule has 0 bridgehead atoms. The van der Waals surface area contributed by atoms with Crippen molar-refractivity contribution in [2.45, 2.75) is 287 Å². The molecule has 0 aromatic heterocycles. The van der Waals surface area contributed by atoms with Gasteiger partial charge in [-0.3, -0.25) is 19.2 Å². The fraction of sp³-hybridized carbons (Fsp3) is 0.688. The van der Waals surface area contributed by atoms with Crippen molar-refractivity contribution in [3.63, 3.8) is 0 Å². The van der Waals surface area contributed by atoms with E-state index in [9.17, 15) is 33.9 Å². The molecule has 536 valence electrons. The van der Waals surface area contributed by atoms with E-state index < -0.39 is 23.9 Å². The van der Waals surface area contributed by atoms with Gasteiger partial charge in [-0.2, -0.15) is 11.8 Å². The number of fused-ring (bicyclic) bond motifs is 3. The van der Waals surface area contributed by atoms with E-state index in [1.165, 1.54) is 228 Å². The highest BCUT2D eigenvalue weighted by Crippen LogP contribution is 2.43. The lowest BCUT2D eigenvalue weighted by molar-refractivity contribution is -0.158. The van der Waals surface area contributed by atoms with Crippen LogP contribution in [0, 0.1) is 0 Å². The first kappa shape index (κ1) is 80.0. The number of methoxy groups -OCH3 is 1. The molecule has 0 radical (unpaired) electrons. The lowest BCUT2D eigenvalue weighted by Crippen LogP contribution is -2.36. The number of rotatable bonds is 56. The van der Waals surface area contributed by atoms with Crippen LogP contribution in [0.3, 0.4) is 0 Å². The lowest BCUT2D eigenvalue weighted by atomic mass is 9.90. The quantitative estimate of drug-likeness (QED) is 0.00807. The molecule has 5 atom stereocenters. The van der Waals surface area contributed by atoms with Crippen molar-refractivity contribution in [1.82, 2.24) is 10.6 Å². The summed E-state index contributed by atoms with van der Waals surface area (Å²) in [7, 11) is 4.39. The Kier molecular flexibility index (Phi) is 40.6. The van der Waals surface area contributed by atoms with Gasteiger partial charge in [0, 0.05) is 82.9 Å².